The number of nitrogens with one attached hydrogen (secondary N) is 2. The van der Waals surface area contributed by atoms with Crippen LogP contribution in [0.1, 0.15) is 41.7 Å². The second-order valence-corrected chi connectivity index (χ2v) is 9.42. The molecule has 6 rings (SSSR count). The molecule has 1 atom stereocenters. The SMILES string of the molecule is C[C@H](NC(=O)c1cn(C)c2ncc(-c3ccn4nc(NC(=O)C5CC5)nc4c3)cc12)c1cccc(F)c1. The Morgan fingerprint density at radius 3 is 2.76 bits per heavy atom. The molecule has 1 aliphatic carbocycles. The zero-order chi connectivity index (χ0) is 25.7. The number of anilines is 1. The molecule has 4 heterocycles. The molecule has 1 aliphatic rings. The van der Waals surface area contributed by atoms with Crippen LogP contribution in [-0.4, -0.2) is 36.0 Å². The molecule has 5 aromatic rings. The lowest BCUT2D eigenvalue weighted by Gasteiger charge is -2.14. The van der Waals surface area contributed by atoms with Gasteiger partial charge in [-0.2, -0.15) is 4.98 Å². The van der Waals surface area contributed by atoms with Crippen molar-refractivity contribution in [2.24, 2.45) is 13.0 Å². The van der Waals surface area contributed by atoms with Crippen molar-refractivity contribution < 1.29 is 14.0 Å². The minimum atomic E-state index is -0.375. The molecule has 10 heteroatoms. The molecule has 0 bridgehead atoms. The van der Waals surface area contributed by atoms with Crippen LogP contribution in [0.15, 0.2) is 61.1 Å². The van der Waals surface area contributed by atoms with E-state index >= 15 is 0 Å². The van der Waals surface area contributed by atoms with Crippen molar-refractivity contribution in [2.75, 3.05) is 5.32 Å². The predicted molar refractivity (Wildman–Crippen MR) is 136 cm³/mol. The molecule has 0 radical (unpaired) electrons. The molecule has 0 saturated heterocycles. The molecule has 0 unspecified atom stereocenters. The van der Waals surface area contributed by atoms with E-state index in [2.05, 4.69) is 25.7 Å². The number of carbonyl (C=O) groups excluding carboxylic acids is 2. The van der Waals surface area contributed by atoms with Gasteiger partial charge in [0.1, 0.15) is 11.5 Å². The predicted octanol–water partition coefficient (Wildman–Crippen LogP) is 4.26. The van der Waals surface area contributed by atoms with Crippen molar-refractivity contribution in [3.63, 3.8) is 0 Å². The van der Waals surface area contributed by atoms with Gasteiger partial charge in [0.15, 0.2) is 5.65 Å². The topological polar surface area (TPSA) is 106 Å². The number of benzene rings is 1. The van der Waals surface area contributed by atoms with E-state index in [1.165, 1.54) is 12.1 Å². The van der Waals surface area contributed by atoms with Gasteiger partial charge < -0.3 is 9.88 Å². The lowest BCUT2D eigenvalue weighted by atomic mass is 10.1. The fourth-order valence-corrected chi connectivity index (χ4v) is 4.41. The van der Waals surface area contributed by atoms with E-state index in [0.717, 1.165) is 24.0 Å². The first-order chi connectivity index (χ1) is 17.9. The molecular formula is C27H24FN7O2. The van der Waals surface area contributed by atoms with Crippen LogP contribution in [0.4, 0.5) is 10.3 Å². The highest BCUT2D eigenvalue weighted by atomic mass is 19.1. The average Bonchev–Trinajstić information content (AvgIpc) is 3.59. The van der Waals surface area contributed by atoms with Crippen molar-refractivity contribution in [1.82, 2.24) is 29.5 Å². The summed E-state index contributed by atoms with van der Waals surface area (Å²) in [7, 11) is 1.83. The number of carbonyl (C=O) groups is 2. The molecular weight excluding hydrogens is 473 g/mol. The second-order valence-electron chi connectivity index (χ2n) is 9.42. The van der Waals surface area contributed by atoms with Crippen LogP contribution in [-0.2, 0) is 11.8 Å². The Hall–Kier alpha value is -4.60. The van der Waals surface area contributed by atoms with Crippen LogP contribution in [0.5, 0.6) is 0 Å². The Morgan fingerprint density at radius 2 is 1.97 bits per heavy atom. The van der Waals surface area contributed by atoms with Crippen LogP contribution in [0.3, 0.4) is 0 Å². The van der Waals surface area contributed by atoms with Crippen LogP contribution in [0.25, 0.3) is 27.8 Å². The fourth-order valence-electron chi connectivity index (χ4n) is 4.41. The number of amides is 2. The van der Waals surface area contributed by atoms with Crippen molar-refractivity contribution in [3.05, 3.63) is 78.0 Å². The summed E-state index contributed by atoms with van der Waals surface area (Å²) >= 11 is 0. The summed E-state index contributed by atoms with van der Waals surface area (Å²) in [5.74, 6) is -0.330. The number of aromatic nitrogens is 5. The van der Waals surface area contributed by atoms with Gasteiger partial charge in [-0.1, -0.05) is 12.1 Å². The van der Waals surface area contributed by atoms with Crippen LogP contribution in [0, 0.1) is 11.7 Å². The normalized spacial score (nSPS) is 14.1. The number of pyridine rings is 2. The van der Waals surface area contributed by atoms with Crippen molar-refractivity contribution in [3.8, 4) is 11.1 Å². The maximum atomic E-state index is 13.6. The summed E-state index contributed by atoms with van der Waals surface area (Å²) in [4.78, 5) is 34.3. The molecule has 4 aromatic heterocycles. The lowest BCUT2D eigenvalue weighted by molar-refractivity contribution is -0.117. The first-order valence-corrected chi connectivity index (χ1v) is 12.0. The Kier molecular flexibility index (Phi) is 5.44. The highest BCUT2D eigenvalue weighted by Gasteiger charge is 2.30. The number of nitrogens with zero attached hydrogens (tertiary/aromatic N) is 5. The van der Waals surface area contributed by atoms with Crippen LogP contribution < -0.4 is 10.6 Å². The third-order valence-corrected chi connectivity index (χ3v) is 6.61. The van der Waals surface area contributed by atoms with E-state index in [1.54, 1.807) is 39.8 Å². The van der Waals surface area contributed by atoms with Gasteiger partial charge in [-0.25, -0.2) is 13.9 Å². The summed E-state index contributed by atoms with van der Waals surface area (Å²) in [6.07, 6.45) is 7.07. The standard InChI is InChI=1S/C27H24FN7O2/c1-15(17-4-3-5-20(28)10-17)30-26(37)22-14-34(2)24-21(22)11-19(13-29-24)18-8-9-35-23(12-18)31-27(33-35)32-25(36)16-6-7-16/h3-5,8-16H,6-7H2,1-2H3,(H,30,37)(H,32,33,36)/t15-/m0/s1. The number of aryl methyl sites for hydroxylation is 1. The Bertz CT molecular complexity index is 1690. The number of fused-ring (bicyclic) bond motifs is 2. The average molecular weight is 498 g/mol. The summed E-state index contributed by atoms with van der Waals surface area (Å²) < 4.78 is 17.0. The van der Waals surface area contributed by atoms with E-state index in [-0.39, 0.29) is 35.5 Å². The number of hydrogen-bond donors (Lipinski definition) is 2. The molecule has 1 saturated carbocycles. The summed E-state index contributed by atoms with van der Waals surface area (Å²) in [6.45, 7) is 1.82. The third-order valence-electron chi connectivity index (χ3n) is 6.61. The molecule has 37 heavy (non-hydrogen) atoms. The smallest absolute Gasteiger partial charge is 0.253 e. The summed E-state index contributed by atoms with van der Waals surface area (Å²) in [6, 6.07) is 11.5. The second kappa shape index (κ2) is 8.81. The van der Waals surface area contributed by atoms with Gasteiger partial charge in [0, 0.05) is 42.5 Å². The molecule has 1 fully saturated rings. The lowest BCUT2D eigenvalue weighted by Crippen LogP contribution is -2.26. The number of hydrogen-bond acceptors (Lipinski definition) is 5. The van der Waals surface area contributed by atoms with Gasteiger partial charge in [-0.05, 0) is 61.2 Å². The van der Waals surface area contributed by atoms with E-state index in [9.17, 15) is 14.0 Å². The minimum Gasteiger partial charge on any atom is -0.345 e. The van der Waals surface area contributed by atoms with Gasteiger partial charge in [0.05, 0.1) is 11.6 Å². The maximum absolute atomic E-state index is 13.6. The van der Waals surface area contributed by atoms with Gasteiger partial charge in [-0.15, -0.1) is 5.10 Å². The Morgan fingerprint density at radius 1 is 1.14 bits per heavy atom. The highest BCUT2D eigenvalue weighted by Crippen LogP contribution is 2.30. The first kappa shape index (κ1) is 22.8. The van der Waals surface area contributed by atoms with Gasteiger partial charge in [-0.3, -0.25) is 14.9 Å². The van der Waals surface area contributed by atoms with E-state index in [0.29, 0.717) is 27.8 Å². The van der Waals surface area contributed by atoms with Gasteiger partial charge >= 0.3 is 0 Å². The van der Waals surface area contributed by atoms with E-state index in [4.69, 9.17) is 0 Å². The monoisotopic (exact) mass is 497 g/mol. The molecule has 186 valence electrons. The van der Waals surface area contributed by atoms with Crippen LogP contribution >= 0.6 is 0 Å². The zero-order valence-electron chi connectivity index (χ0n) is 20.3. The van der Waals surface area contributed by atoms with Gasteiger partial charge in [0.2, 0.25) is 11.9 Å². The maximum Gasteiger partial charge on any atom is 0.253 e. The van der Waals surface area contributed by atoms with Crippen molar-refractivity contribution in [1.29, 1.82) is 0 Å². The van der Waals surface area contributed by atoms with Crippen molar-refractivity contribution in [2.45, 2.75) is 25.8 Å². The molecule has 0 aliphatic heterocycles. The molecule has 9 nitrogen and oxygen atoms in total. The molecule has 0 spiro atoms. The third kappa shape index (κ3) is 4.42. The number of halogens is 1. The van der Waals surface area contributed by atoms with Gasteiger partial charge in [0.25, 0.3) is 5.91 Å². The zero-order valence-corrected chi connectivity index (χ0v) is 20.3. The molecule has 2 amide bonds. The van der Waals surface area contributed by atoms with Crippen LogP contribution in [0.2, 0.25) is 0 Å². The summed E-state index contributed by atoms with van der Waals surface area (Å²) in [5.41, 5.74) is 4.06. The quantitative estimate of drug-likeness (QED) is 0.365. The summed E-state index contributed by atoms with van der Waals surface area (Å²) in [5, 5.41) is 10.7. The largest absolute Gasteiger partial charge is 0.345 e. The minimum absolute atomic E-state index is 0.0487. The van der Waals surface area contributed by atoms with E-state index < -0.39 is 0 Å². The first-order valence-electron chi connectivity index (χ1n) is 12.0. The molecule has 1 aromatic carbocycles. The van der Waals surface area contributed by atoms with E-state index in [1.807, 2.05) is 32.2 Å². The molecule has 2 N–H and O–H groups in total. The Balaban J connectivity index is 1.29. The Labute approximate surface area is 211 Å². The number of rotatable bonds is 6. The highest BCUT2D eigenvalue weighted by molar-refractivity contribution is 6.07. The fraction of sp³-hybridized carbons (Fsp3) is 0.222. The van der Waals surface area contributed by atoms with Crippen molar-refractivity contribution >= 4 is 34.4 Å².